The second kappa shape index (κ2) is 6.50. The first kappa shape index (κ1) is 16.5. The van der Waals surface area contributed by atoms with E-state index in [4.69, 9.17) is 4.42 Å². The Morgan fingerprint density at radius 1 is 1.29 bits per heavy atom. The van der Waals surface area contributed by atoms with E-state index in [-0.39, 0.29) is 0 Å². The zero-order chi connectivity index (χ0) is 15.6. The number of hydrogen-bond acceptors (Lipinski definition) is 4. The van der Waals surface area contributed by atoms with E-state index in [1.165, 1.54) is 10.7 Å². The van der Waals surface area contributed by atoms with Gasteiger partial charge in [-0.1, -0.05) is 13.3 Å². The lowest BCUT2D eigenvalue weighted by Gasteiger charge is -2.29. The average molecular weight is 314 g/mol. The Labute approximate surface area is 127 Å². The van der Waals surface area contributed by atoms with Crippen LogP contribution < -0.4 is 5.32 Å². The van der Waals surface area contributed by atoms with E-state index in [9.17, 15) is 8.42 Å². The van der Waals surface area contributed by atoms with Gasteiger partial charge in [0.1, 0.15) is 16.4 Å². The summed E-state index contributed by atoms with van der Waals surface area (Å²) >= 11 is 0. The van der Waals surface area contributed by atoms with E-state index in [1.807, 2.05) is 13.8 Å². The van der Waals surface area contributed by atoms with E-state index in [2.05, 4.69) is 5.32 Å². The SMILES string of the molecule is CCNCc1c(C)oc(C)c1S(=O)(=O)N(C)CC1CCC1. The molecule has 1 N–H and O–H groups in total. The molecule has 5 nitrogen and oxygen atoms in total. The fraction of sp³-hybridized carbons (Fsp3) is 0.733. The summed E-state index contributed by atoms with van der Waals surface area (Å²) in [5.74, 6) is 1.68. The molecule has 1 heterocycles. The van der Waals surface area contributed by atoms with Crippen molar-refractivity contribution in [3.8, 4) is 0 Å². The quantitative estimate of drug-likeness (QED) is 0.839. The molecule has 0 radical (unpaired) electrons. The Kier molecular flexibility index (Phi) is 5.11. The smallest absolute Gasteiger partial charge is 0.246 e. The lowest BCUT2D eigenvalue weighted by Crippen LogP contribution is -2.35. The van der Waals surface area contributed by atoms with Crippen LogP contribution >= 0.6 is 0 Å². The molecule has 1 fully saturated rings. The molecule has 120 valence electrons. The van der Waals surface area contributed by atoms with E-state index < -0.39 is 10.0 Å². The van der Waals surface area contributed by atoms with Gasteiger partial charge in [-0.2, -0.15) is 0 Å². The largest absolute Gasteiger partial charge is 0.465 e. The highest BCUT2D eigenvalue weighted by atomic mass is 32.2. The first-order chi connectivity index (χ1) is 9.87. The number of nitrogens with zero attached hydrogens (tertiary/aromatic N) is 1. The molecule has 0 aliphatic heterocycles. The third-order valence-corrected chi connectivity index (χ3v) is 6.30. The molecule has 0 aromatic carbocycles. The number of rotatable bonds is 7. The molecule has 0 atom stereocenters. The molecule has 1 aliphatic rings. The third kappa shape index (κ3) is 3.33. The van der Waals surface area contributed by atoms with Gasteiger partial charge in [0, 0.05) is 25.7 Å². The highest BCUT2D eigenvalue weighted by Gasteiger charge is 2.32. The van der Waals surface area contributed by atoms with Gasteiger partial charge in [-0.3, -0.25) is 0 Å². The van der Waals surface area contributed by atoms with Crippen molar-refractivity contribution in [2.75, 3.05) is 20.1 Å². The second-order valence-corrected chi connectivity index (χ2v) is 7.87. The summed E-state index contributed by atoms with van der Waals surface area (Å²) in [5.41, 5.74) is 0.759. The van der Waals surface area contributed by atoms with Crippen LogP contribution in [0.2, 0.25) is 0 Å². The normalized spacial score (nSPS) is 16.4. The Hall–Kier alpha value is -0.850. The van der Waals surface area contributed by atoms with Gasteiger partial charge in [0.05, 0.1) is 0 Å². The predicted molar refractivity (Wildman–Crippen MR) is 82.7 cm³/mol. The molecule has 1 aromatic heterocycles. The molecular weight excluding hydrogens is 288 g/mol. The molecule has 21 heavy (non-hydrogen) atoms. The average Bonchev–Trinajstić information content (AvgIpc) is 2.65. The second-order valence-electron chi connectivity index (χ2n) is 5.88. The number of sulfonamides is 1. The van der Waals surface area contributed by atoms with Crippen LogP contribution in [0, 0.1) is 19.8 Å². The molecule has 0 unspecified atom stereocenters. The van der Waals surface area contributed by atoms with Gasteiger partial charge >= 0.3 is 0 Å². The molecule has 6 heteroatoms. The highest BCUT2D eigenvalue weighted by Crippen LogP contribution is 2.32. The van der Waals surface area contributed by atoms with Crippen LogP contribution in [0.25, 0.3) is 0 Å². The third-order valence-electron chi connectivity index (χ3n) is 4.29. The molecule has 1 aliphatic carbocycles. The maximum Gasteiger partial charge on any atom is 0.246 e. The highest BCUT2D eigenvalue weighted by molar-refractivity contribution is 7.89. The number of aryl methyl sites for hydroxylation is 2. The Bertz CT molecular complexity index is 588. The summed E-state index contributed by atoms with van der Waals surface area (Å²) in [7, 11) is -1.81. The fourth-order valence-electron chi connectivity index (χ4n) is 2.79. The molecule has 1 aromatic rings. The topological polar surface area (TPSA) is 62.6 Å². The molecule has 0 spiro atoms. The predicted octanol–water partition coefficient (Wildman–Crippen LogP) is 2.43. The van der Waals surface area contributed by atoms with Crippen molar-refractivity contribution in [3.63, 3.8) is 0 Å². The van der Waals surface area contributed by atoms with Crippen LogP contribution in [0.4, 0.5) is 0 Å². The Morgan fingerprint density at radius 3 is 2.48 bits per heavy atom. The Morgan fingerprint density at radius 2 is 1.95 bits per heavy atom. The van der Waals surface area contributed by atoms with Crippen LogP contribution in [-0.2, 0) is 16.6 Å². The van der Waals surface area contributed by atoms with Gasteiger partial charge in [-0.25, -0.2) is 12.7 Å². The number of hydrogen-bond donors (Lipinski definition) is 1. The van der Waals surface area contributed by atoms with Crippen molar-refractivity contribution in [2.45, 2.75) is 51.5 Å². The van der Waals surface area contributed by atoms with Crippen LogP contribution in [0.3, 0.4) is 0 Å². The van der Waals surface area contributed by atoms with Crippen molar-refractivity contribution in [1.82, 2.24) is 9.62 Å². The first-order valence-electron chi connectivity index (χ1n) is 7.63. The van der Waals surface area contributed by atoms with E-state index in [1.54, 1.807) is 14.0 Å². The van der Waals surface area contributed by atoms with Gasteiger partial charge in [-0.15, -0.1) is 0 Å². The lowest BCUT2D eigenvalue weighted by molar-refractivity contribution is 0.262. The summed E-state index contributed by atoms with van der Waals surface area (Å²) in [6.07, 6.45) is 3.48. The van der Waals surface area contributed by atoms with Gasteiger partial charge < -0.3 is 9.73 Å². The zero-order valence-corrected chi connectivity index (χ0v) is 14.2. The van der Waals surface area contributed by atoms with Gasteiger partial charge in [0.15, 0.2) is 0 Å². The van der Waals surface area contributed by atoms with Crippen molar-refractivity contribution in [1.29, 1.82) is 0 Å². The molecule has 0 bridgehead atoms. The zero-order valence-electron chi connectivity index (χ0n) is 13.4. The van der Waals surface area contributed by atoms with Crippen molar-refractivity contribution >= 4 is 10.0 Å². The molecule has 0 amide bonds. The Balaban J connectivity index is 2.29. The standard InChI is InChI=1S/C15H26N2O3S/c1-5-16-9-14-11(2)20-12(3)15(14)21(18,19)17(4)10-13-7-6-8-13/h13,16H,5-10H2,1-4H3. The molecule has 1 saturated carbocycles. The van der Waals surface area contributed by atoms with Crippen LogP contribution in [0.1, 0.15) is 43.3 Å². The molecular formula is C15H26N2O3S. The van der Waals surface area contributed by atoms with Gasteiger partial charge in [0.2, 0.25) is 10.0 Å². The van der Waals surface area contributed by atoms with Gasteiger partial charge in [-0.05, 0) is 39.2 Å². The minimum Gasteiger partial charge on any atom is -0.465 e. The fourth-order valence-corrected chi connectivity index (χ4v) is 4.45. The summed E-state index contributed by atoms with van der Waals surface area (Å²) < 4.78 is 32.8. The maximum absolute atomic E-state index is 12.9. The van der Waals surface area contributed by atoms with Crippen molar-refractivity contribution < 1.29 is 12.8 Å². The van der Waals surface area contributed by atoms with Crippen molar-refractivity contribution in [2.24, 2.45) is 5.92 Å². The number of furan rings is 1. The minimum atomic E-state index is -3.48. The monoisotopic (exact) mass is 314 g/mol. The first-order valence-corrected chi connectivity index (χ1v) is 9.07. The van der Waals surface area contributed by atoms with E-state index in [0.29, 0.717) is 35.4 Å². The summed E-state index contributed by atoms with van der Waals surface area (Å²) in [5, 5.41) is 3.19. The van der Waals surface area contributed by atoms with E-state index >= 15 is 0 Å². The molecule has 2 rings (SSSR count). The summed E-state index contributed by atoms with van der Waals surface area (Å²) in [6.45, 7) is 7.47. The van der Waals surface area contributed by atoms with Crippen LogP contribution in [0.15, 0.2) is 9.31 Å². The van der Waals surface area contributed by atoms with E-state index in [0.717, 1.165) is 24.9 Å². The maximum atomic E-state index is 12.9. The number of nitrogens with one attached hydrogen (secondary N) is 1. The van der Waals surface area contributed by atoms with Crippen LogP contribution in [-0.4, -0.2) is 32.9 Å². The van der Waals surface area contributed by atoms with Crippen molar-refractivity contribution in [3.05, 3.63) is 17.1 Å². The van der Waals surface area contributed by atoms with Gasteiger partial charge in [0.25, 0.3) is 0 Å². The minimum absolute atomic E-state index is 0.350. The lowest BCUT2D eigenvalue weighted by atomic mass is 9.86. The summed E-state index contributed by atoms with van der Waals surface area (Å²) in [4.78, 5) is 0.350. The van der Waals surface area contributed by atoms with Crippen LogP contribution in [0.5, 0.6) is 0 Å². The summed E-state index contributed by atoms with van der Waals surface area (Å²) in [6, 6.07) is 0. The molecule has 0 saturated heterocycles.